The Morgan fingerprint density at radius 2 is 1.95 bits per heavy atom. The van der Waals surface area contributed by atoms with E-state index in [9.17, 15) is 4.79 Å². The lowest BCUT2D eigenvalue weighted by Gasteiger charge is -2.29. The lowest BCUT2D eigenvalue weighted by Crippen LogP contribution is -2.53. The number of rotatable bonds is 7. The van der Waals surface area contributed by atoms with Crippen molar-refractivity contribution in [2.75, 3.05) is 13.2 Å². The number of hydrogen-bond donors (Lipinski definition) is 1. The van der Waals surface area contributed by atoms with E-state index >= 15 is 0 Å². The van der Waals surface area contributed by atoms with Crippen molar-refractivity contribution in [1.29, 1.82) is 0 Å². The van der Waals surface area contributed by atoms with Crippen molar-refractivity contribution in [1.82, 2.24) is 5.32 Å². The van der Waals surface area contributed by atoms with Crippen LogP contribution < -0.4 is 5.32 Å². The third-order valence-electron chi connectivity index (χ3n) is 3.10. The van der Waals surface area contributed by atoms with Crippen LogP contribution in [0, 0.1) is 5.92 Å². The maximum Gasteiger partial charge on any atom is 0.326 e. The van der Waals surface area contributed by atoms with Crippen molar-refractivity contribution < 1.29 is 9.53 Å². The van der Waals surface area contributed by atoms with E-state index in [1.54, 1.807) is 0 Å². The molecule has 0 aliphatic carbocycles. The van der Waals surface area contributed by atoms with Crippen LogP contribution in [0.5, 0.6) is 0 Å². The normalized spacial score (nSPS) is 14.1. The largest absolute Gasteiger partial charge is 0.465 e. The minimum atomic E-state index is -0.686. The molecule has 0 aromatic heterocycles. The molecule has 1 rings (SSSR count). The highest BCUT2D eigenvalue weighted by Gasteiger charge is 2.34. The minimum Gasteiger partial charge on any atom is -0.465 e. The Morgan fingerprint density at radius 1 is 1.35 bits per heavy atom. The van der Waals surface area contributed by atoms with Crippen LogP contribution in [0.4, 0.5) is 0 Å². The van der Waals surface area contributed by atoms with Gasteiger partial charge in [-0.2, -0.15) is 0 Å². The zero-order valence-electron chi connectivity index (χ0n) is 12.7. The van der Waals surface area contributed by atoms with Crippen molar-refractivity contribution >= 4 is 21.9 Å². The van der Waals surface area contributed by atoms with Crippen molar-refractivity contribution in [2.45, 2.75) is 39.7 Å². The molecule has 0 saturated heterocycles. The van der Waals surface area contributed by atoms with Gasteiger partial charge in [-0.3, -0.25) is 4.79 Å². The summed E-state index contributed by atoms with van der Waals surface area (Å²) in [6.45, 7) is 9.18. The summed E-state index contributed by atoms with van der Waals surface area (Å²) >= 11 is 3.42. The van der Waals surface area contributed by atoms with Gasteiger partial charge in [0.15, 0.2) is 0 Å². The van der Waals surface area contributed by atoms with E-state index in [-0.39, 0.29) is 5.97 Å². The monoisotopic (exact) mass is 341 g/mol. The highest BCUT2D eigenvalue weighted by molar-refractivity contribution is 9.10. The first-order valence-electron chi connectivity index (χ1n) is 7.04. The van der Waals surface area contributed by atoms with Gasteiger partial charge < -0.3 is 10.1 Å². The number of ether oxygens (including phenoxy) is 1. The third kappa shape index (κ3) is 5.25. The number of carbonyl (C=O) groups is 1. The predicted octanol–water partition coefficient (Wildman–Crippen LogP) is 3.56. The van der Waals surface area contributed by atoms with Crippen LogP contribution >= 0.6 is 15.9 Å². The van der Waals surface area contributed by atoms with Gasteiger partial charge in [0.25, 0.3) is 0 Å². The number of esters is 1. The lowest BCUT2D eigenvalue weighted by atomic mass is 9.92. The van der Waals surface area contributed by atoms with Gasteiger partial charge in [0.1, 0.15) is 5.54 Å². The lowest BCUT2D eigenvalue weighted by molar-refractivity contribution is -0.150. The number of halogens is 1. The molecule has 1 N–H and O–H groups in total. The second-order valence-electron chi connectivity index (χ2n) is 5.63. The molecule has 4 heteroatoms. The maximum absolute atomic E-state index is 12.3. The molecule has 0 heterocycles. The van der Waals surface area contributed by atoms with Crippen LogP contribution in [0.2, 0.25) is 0 Å². The summed E-state index contributed by atoms with van der Waals surface area (Å²) in [5.41, 5.74) is 0.425. The van der Waals surface area contributed by atoms with Gasteiger partial charge in [-0.15, -0.1) is 0 Å². The third-order valence-corrected chi connectivity index (χ3v) is 3.63. The van der Waals surface area contributed by atoms with E-state index in [2.05, 4.69) is 35.1 Å². The Kier molecular flexibility index (Phi) is 6.69. The fourth-order valence-corrected chi connectivity index (χ4v) is 2.20. The van der Waals surface area contributed by atoms with Gasteiger partial charge in [-0.25, -0.2) is 0 Å². The molecular weight excluding hydrogens is 318 g/mol. The SMILES string of the molecule is CCOC(=O)C(C)(Cc1ccc(Br)cc1)NCC(C)C. The van der Waals surface area contributed by atoms with Crippen LogP contribution in [-0.2, 0) is 16.0 Å². The molecule has 3 nitrogen and oxygen atoms in total. The quantitative estimate of drug-likeness (QED) is 0.770. The van der Waals surface area contributed by atoms with Crippen LogP contribution in [0.15, 0.2) is 28.7 Å². The fourth-order valence-electron chi connectivity index (χ4n) is 1.94. The highest BCUT2D eigenvalue weighted by atomic mass is 79.9. The Balaban J connectivity index is 2.85. The summed E-state index contributed by atoms with van der Waals surface area (Å²) in [5.74, 6) is 0.289. The second-order valence-corrected chi connectivity index (χ2v) is 6.55. The molecule has 0 bridgehead atoms. The number of hydrogen-bond acceptors (Lipinski definition) is 3. The molecule has 0 radical (unpaired) electrons. The molecule has 1 unspecified atom stereocenters. The Labute approximate surface area is 130 Å². The Morgan fingerprint density at radius 3 is 2.45 bits per heavy atom. The first-order chi connectivity index (χ1) is 9.37. The van der Waals surface area contributed by atoms with Gasteiger partial charge in [-0.1, -0.05) is 41.9 Å². The van der Waals surface area contributed by atoms with E-state index < -0.39 is 5.54 Å². The highest BCUT2D eigenvalue weighted by Crippen LogP contribution is 2.18. The smallest absolute Gasteiger partial charge is 0.326 e. The molecular formula is C16H24BrNO2. The van der Waals surface area contributed by atoms with E-state index in [1.165, 1.54) is 0 Å². The van der Waals surface area contributed by atoms with E-state index in [0.717, 1.165) is 16.6 Å². The van der Waals surface area contributed by atoms with Gasteiger partial charge in [0.05, 0.1) is 6.61 Å². The summed E-state index contributed by atoms with van der Waals surface area (Å²) in [7, 11) is 0. The summed E-state index contributed by atoms with van der Waals surface area (Å²) in [4.78, 5) is 12.3. The topological polar surface area (TPSA) is 38.3 Å². The number of carbonyl (C=O) groups excluding carboxylic acids is 1. The van der Waals surface area contributed by atoms with Gasteiger partial charge in [0, 0.05) is 10.9 Å². The molecule has 0 spiro atoms. The summed E-state index contributed by atoms with van der Waals surface area (Å²) in [6.07, 6.45) is 0.617. The van der Waals surface area contributed by atoms with Crippen molar-refractivity contribution in [3.8, 4) is 0 Å². The minimum absolute atomic E-state index is 0.191. The summed E-state index contributed by atoms with van der Waals surface area (Å²) in [5, 5.41) is 3.36. The molecule has 0 amide bonds. The second kappa shape index (κ2) is 7.79. The number of benzene rings is 1. The molecule has 0 aliphatic rings. The van der Waals surface area contributed by atoms with E-state index in [1.807, 2.05) is 38.1 Å². The van der Waals surface area contributed by atoms with Crippen molar-refractivity contribution in [2.24, 2.45) is 5.92 Å². The average molecular weight is 342 g/mol. The van der Waals surface area contributed by atoms with Crippen LogP contribution in [-0.4, -0.2) is 24.7 Å². The van der Waals surface area contributed by atoms with E-state index in [4.69, 9.17) is 4.74 Å². The zero-order valence-corrected chi connectivity index (χ0v) is 14.3. The van der Waals surface area contributed by atoms with Gasteiger partial charge in [0.2, 0.25) is 0 Å². The maximum atomic E-state index is 12.3. The fraction of sp³-hybridized carbons (Fsp3) is 0.562. The molecule has 112 valence electrons. The molecule has 0 fully saturated rings. The summed E-state index contributed by atoms with van der Waals surface area (Å²) < 4.78 is 6.26. The Bertz CT molecular complexity index is 431. The molecule has 0 saturated carbocycles. The first-order valence-corrected chi connectivity index (χ1v) is 7.83. The molecule has 0 aliphatic heterocycles. The predicted molar refractivity (Wildman–Crippen MR) is 85.7 cm³/mol. The Hall–Kier alpha value is -0.870. The van der Waals surface area contributed by atoms with Gasteiger partial charge in [-0.05, 0) is 44.0 Å². The van der Waals surface area contributed by atoms with Crippen LogP contribution in [0.25, 0.3) is 0 Å². The molecule has 1 atom stereocenters. The molecule has 1 aromatic rings. The molecule has 1 aromatic carbocycles. The zero-order chi connectivity index (χ0) is 15.2. The van der Waals surface area contributed by atoms with Crippen LogP contribution in [0.1, 0.15) is 33.3 Å². The van der Waals surface area contributed by atoms with Gasteiger partial charge >= 0.3 is 5.97 Å². The number of nitrogens with one attached hydrogen (secondary N) is 1. The average Bonchev–Trinajstić information content (AvgIpc) is 2.39. The van der Waals surface area contributed by atoms with Crippen molar-refractivity contribution in [3.63, 3.8) is 0 Å². The summed E-state index contributed by atoms with van der Waals surface area (Å²) in [6, 6.07) is 8.03. The standard InChI is InChI=1S/C16H24BrNO2/c1-5-20-15(19)16(4,18-11-12(2)3)10-13-6-8-14(17)9-7-13/h6-9,12,18H,5,10-11H2,1-4H3. The van der Waals surface area contributed by atoms with Crippen molar-refractivity contribution in [3.05, 3.63) is 34.3 Å². The van der Waals surface area contributed by atoms with Crippen LogP contribution in [0.3, 0.4) is 0 Å². The first kappa shape index (κ1) is 17.2. The van der Waals surface area contributed by atoms with E-state index in [0.29, 0.717) is 18.9 Å². The molecule has 20 heavy (non-hydrogen) atoms.